The summed E-state index contributed by atoms with van der Waals surface area (Å²) < 4.78 is 61.3. The zero-order valence-electron chi connectivity index (χ0n) is 9.20. The van der Waals surface area contributed by atoms with Crippen LogP contribution < -0.4 is 4.40 Å². The molecule has 0 fully saturated rings. The normalized spacial score (nSPS) is 15.3. The molecule has 0 aromatic carbocycles. The molecule has 0 aliphatic rings. The number of hydrogen-bond donors (Lipinski definition) is 0. The Kier molecular flexibility index (Phi) is 3.12. The molecule has 0 saturated carbocycles. The third kappa shape index (κ3) is 7.84. The Morgan fingerprint density at radius 2 is 1.44 bits per heavy atom. The summed E-state index contributed by atoms with van der Waals surface area (Å²) in [5.74, 6) is 0. The molecule has 2 heterocycles. The molecule has 2 aromatic rings. The van der Waals surface area contributed by atoms with Crippen molar-refractivity contribution >= 4 is 13.3 Å². The summed E-state index contributed by atoms with van der Waals surface area (Å²) in [5, 5.41) is 0. The van der Waals surface area contributed by atoms with Crippen LogP contribution in [0.4, 0.5) is 25.2 Å². The standard InChI is InChI=1S/C10H10N.F6P/c1-9-5-7-11-6-3-2-4-10(11)8-9;1-7(2,3,4,5)6/h2-8H,1H3;/q+1;-1. The van der Waals surface area contributed by atoms with Crippen molar-refractivity contribution in [3.8, 4) is 0 Å². The Hall–Kier alpha value is -1.36. The van der Waals surface area contributed by atoms with Crippen LogP contribution in [-0.2, 0) is 0 Å². The number of aromatic nitrogens is 1. The van der Waals surface area contributed by atoms with Crippen LogP contribution in [0.1, 0.15) is 5.56 Å². The Labute approximate surface area is 98.9 Å². The monoisotopic (exact) mass is 289 g/mol. The van der Waals surface area contributed by atoms with E-state index >= 15 is 0 Å². The molecule has 0 radical (unpaired) electrons. The summed E-state index contributed by atoms with van der Waals surface area (Å²) in [4.78, 5) is 0. The van der Waals surface area contributed by atoms with Crippen LogP contribution in [-0.4, -0.2) is 0 Å². The molecule has 2 rings (SSSR count). The number of pyridine rings is 2. The Balaban J connectivity index is 0.000000203. The van der Waals surface area contributed by atoms with Crippen molar-refractivity contribution in [2.24, 2.45) is 0 Å². The molecule has 0 unspecified atom stereocenters. The number of hydrogen-bond acceptors (Lipinski definition) is 0. The predicted octanol–water partition coefficient (Wildman–Crippen LogP) is 5.12. The van der Waals surface area contributed by atoms with Gasteiger partial charge in [0.2, 0.25) is 5.52 Å². The van der Waals surface area contributed by atoms with Crippen molar-refractivity contribution in [3.05, 3.63) is 48.3 Å². The van der Waals surface area contributed by atoms with E-state index in [1.807, 2.05) is 6.07 Å². The molecule has 0 atom stereocenters. The zero-order valence-corrected chi connectivity index (χ0v) is 10.1. The van der Waals surface area contributed by atoms with Gasteiger partial charge in [0.05, 0.1) is 0 Å². The summed E-state index contributed by atoms with van der Waals surface area (Å²) >= 11 is 0. The number of nitrogens with zero attached hydrogens (tertiary/aromatic N) is 1. The van der Waals surface area contributed by atoms with Gasteiger partial charge in [0.1, 0.15) is 0 Å². The van der Waals surface area contributed by atoms with Crippen molar-refractivity contribution in [3.63, 3.8) is 0 Å². The first kappa shape index (κ1) is 14.7. The summed E-state index contributed by atoms with van der Waals surface area (Å²) in [6, 6.07) is 10.5. The summed E-state index contributed by atoms with van der Waals surface area (Å²) in [7, 11) is -10.7. The van der Waals surface area contributed by atoms with Crippen LogP contribution in [0.25, 0.3) is 5.52 Å². The van der Waals surface area contributed by atoms with Gasteiger partial charge in [-0.3, -0.25) is 0 Å². The predicted molar refractivity (Wildman–Crippen MR) is 57.9 cm³/mol. The van der Waals surface area contributed by atoms with Crippen molar-refractivity contribution in [2.45, 2.75) is 6.92 Å². The molecule has 0 aliphatic heterocycles. The first-order valence-corrected chi connectivity index (χ1v) is 6.77. The zero-order chi connectivity index (χ0) is 14.1. The fourth-order valence-electron chi connectivity index (χ4n) is 1.21. The van der Waals surface area contributed by atoms with Crippen molar-refractivity contribution in [2.75, 3.05) is 0 Å². The average Bonchev–Trinajstić information content (AvgIpc) is 2.12. The molecule has 1 nitrogen and oxygen atoms in total. The van der Waals surface area contributed by atoms with Crippen molar-refractivity contribution in [1.29, 1.82) is 0 Å². The second-order valence-corrected chi connectivity index (χ2v) is 5.61. The average molecular weight is 289 g/mol. The summed E-state index contributed by atoms with van der Waals surface area (Å²) in [5.41, 5.74) is 2.55. The van der Waals surface area contributed by atoms with Gasteiger partial charge >= 0.3 is 33.0 Å². The third-order valence-electron chi connectivity index (χ3n) is 1.80. The second-order valence-electron chi connectivity index (χ2n) is 3.70. The van der Waals surface area contributed by atoms with Gasteiger partial charge in [0.15, 0.2) is 12.4 Å². The van der Waals surface area contributed by atoms with Crippen LogP contribution in [0.2, 0.25) is 0 Å². The Morgan fingerprint density at radius 1 is 0.889 bits per heavy atom. The third-order valence-corrected chi connectivity index (χ3v) is 1.80. The van der Waals surface area contributed by atoms with E-state index in [0.29, 0.717) is 0 Å². The van der Waals surface area contributed by atoms with Gasteiger partial charge in [-0.15, -0.1) is 0 Å². The van der Waals surface area contributed by atoms with Crippen LogP contribution in [0.5, 0.6) is 0 Å². The van der Waals surface area contributed by atoms with Gasteiger partial charge in [-0.1, -0.05) is 0 Å². The fraction of sp³-hybridized carbons (Fsp3) is 0.100. The molecule has 0 aliphatic carbocycles. The minimum atomic E-state index is -10.7. The molecule has 18 heavy (non-hydrogen) atoms. The van der Waals surface area contributed by atoms with Gasteiger partial charge in [-0.05, 0) is 18.6 Å². The first-order valence-electron chi connectivity index (χ1n) is 4.74. The molecular formula is C10H10F6NP. The SMILES string of the molecule is Cc1cc[n+]2ccccc2c1.F[P-](F)(F)(F)(F)F. The summed E-state index contributed by atoms with van der Waals surface area (Å²) in [6.45, 7) is 2.10. The van der Waals surface area contributed by atoms with E-state index in [4.69, 9.17) is 0 Å². The molecule has 0 bridgehead atoms. The van der Waals surface area contributed by atoms with E-state index in [1.165, 1.54) is 11.1 Å². The van der Waals surface area contributed by atoms with E-state index in [-0.39, 0.29) is 0 Å². The Morgan fingerprint density at radius 3 is 2.00 bits per heavy atom. The maximum atomic E-state index is 9.87. The van der Waals surface area contributed by atoms with E-state index in [0.717, 1.165) is 0 Å². The number of halogens is 6. The van der Waals surface area contributed by atoms with Crippen molar-refractivity contribution in [1.82, 2.24) is 0 Å². The quantitative estimate of drug-likeness (QED) is 0.360. The van der Waals surface area contributed by atoms with Gasteiger partial charge in [-0.25, -0.2) is 0 Å². The van der Waals surface area contributed by atoms with Crippen LogP contribution in [0.3, 0.4) is 0 Å². The van der Waals surface area contributed by atoms with Gasteiger partial charge in [-0.2, -0.15) is 4.40 Å². The van der Waals surface area contributed by atoms with E-state index in [2.05, 4.69) is 48.0 Å². The van der Waals surface area contributed by atoms with Gasteiger partial charge < -0.3 is 0 Å². The minimum absolute atomic E-state index is 1.24. The number of rotatable bonds is 0. The fourth-order valence-corrected chi connectivity index (χ4v) is 1.21. The molecular weight excluding hydrogens is 279 g/mol. The summed E-state index contributed by atoms with van der Waals surface area (Å²) in [6.07, 6.45) is 4.12. The number of aryl methyl sites for hydroxylation is 1. The topological polar surface area (TPSA) is 4.10 Å². The maximum absolute atomic E-state index is 10.7. The molecule has 0 amide bonds. The van der Waals surface area contributed by atoms with Crippen LogP contribution >= 0.6 is 7.81 Å². The van der Waals surface area contributed by atoms with E-state index in [9.17, 15) is 25.2 Å². The van der Waals surface area contributed by atoms with Crippen LogP contribution in [0.15, 0.2) is 42.7 Å². The molecule has 0 N–H and O–H groups in total. The van der Waals surface area contributed by atoms with Crippen LogP contribution in [0, 0.1) is 6.92 Å². The Bertz CT molecular complexity index is 551. The second kappa shape index (κ2) is 3.82. The molecule has 0 spiro atoms. The molecule has 8 heteroatoms. The van der Waals surface area contributed by atoms with E-state index in [1.54, 1.807) is 0 Å². The number of fused-ring (bicyclic) bond motifs is 1. The van der Waals surface area contributed by atoms with Crippen molar-refractivity contribution < 1.29 is 29.6 Å². The molecule has 2 aromatic heterocycles. The van der Waals surface area contributed by atoms with Gasteiger partial charge in [0, 0.05) is 24.3 Å². The molecule has 0 saturated heterocycles. The van der Waals surface area contributed by atoms with E-state index < -0.39 is 7.81 Å². The molecule has 102 valence electrons. The first-order chi connectivity index (χ1) is 7.81. The van der Waals surface area contributed by atoms with Gasteiger partial charge in [0.25, 0.3) is 0 Å².